The Morgan fingerprint density at radius 3 is 2.46 bits per heavy atom. The number of aromatic nitrogens is 1. The molecule has 0 aliphatic carbocycles. The van der Waals surface area contributed by atoms with Crippen molar-refractivity contribution < 1.29 is 28.8 Å². The number of carbonyl (C=O) groups is 6. The minimum absolute atomic E-state index is 0.0549. The van der Waals surface area contributed by atoms with Crippen molar-refractivity contribution in [1.29, 1.82) is 0 Å². The van der Waals surface area contributed by atoms with Crippen LogP contribution in [0.3, 0.4) is 0 Å². The third kappa shape index (κ3) is 7.25. The van der Waals surface area contributed by atoms with Gasteiger partial charge in [-0.15, -0.1) is 0 Å². The van der Waals surface area contributed by atoms with Crippen LogP contribution in [0.4, 0.5) is 11.4 Å². The van der Waals surface area contributed by atoms with Crippen LogP contribution in [0.15, 0.2) is 36.4 Å². The van der Waals surface area contributed by atoms with Crippen LogP contribution in [0.25, 0.3) is 11.6 Å². The minimum atomic E-state index is -1.03. The second-order valence-electron chi connectivity index (χ2n) is 13.8. The highest BCUT2D eigenvalue weighted by Gasteiger charge is 2.45. The van der Waals surface area contributed by atoms with Crippen molar-refractivity contribution in [3.8, 4) is 0 Å². The van der Waals surface area contributed by atoms with Crippen LogP contribution in [0, 0.1) is 13.8 Å². The van der Waals surface area contributed by atoms with Gasteiger partial charge in [-0.2, -0.15) is 0 Å². The number of likely N-dealkylation sites (N-methyl/N-ethyl adjacent to an activating group) is 2. The number of hydrogen-bond acceptors (Lipinski definition) is 9. The third-order valence-electron chi connectivity index (χ3n) is 9.76. The van der Waals surface area contributed by atoms with Crippen LogP contribution in [-0.4, -0.2) is 115 Å². The molecule has 0 spiro atoms. The van der Waals surface area contributed by atoms with Gasteiger partial charge in [0.1, 0.15) is 6.04 Å². The standard InChI is InChI=1S/C38H44N8O6/c1-21-29(20-26-25-19-23(13-16-44(3)4)9-10-27(25)42-34(26)48)41-22(2)32(21)36(50)40-15-18-45(5)17-14-39-28-8-6-7-24-33(28)38(52)46(37(24)51)30-11-12-31(47)43-35(30)49/h6-10,19-20,30,39,41H,11-18H2,1-5H3,(H,40,50)(H,42,48)(H,43,47,49)/b26-20-/t30-/m1/s1. The minimum Gasteiger partial charge on any atom is -0.383 e. The molecule has 1 fully saturated rings. The number of benzene rings is 2. The van der Waals surface area contributed by atoms with Gasteiger partial charge in [-0.1, -0.05) is 12.1 Å². The van der Waals surface area contributed by atoms with Crippen molar-refractivity contribution in [3.63, 3.8) is 0 Å². The molecule has 2 aromatic carbocycles. The van der Waals surface area contributed by atoms with Crippen LogP contribution in [-0.2, 0) is 20.8 Å². The van der Waals surface area contributed by atoms with Crippen LogP contribution in [0.1, 0.15) is 72.0 Å². The largest absolute Gasteiger partial charge is 0.383 e. The highest BCUT2D eigenvalue weighted by molar-refractivity contribution is 6.35. The topological polar surface area (TPSA) is 176 Å². The van der Waals surface area contributed by atoms with Gasteiger partial charge in [-0.3, -0.25) is 39.0 Å². The van der Waals surface area contributed by atoms with E-state index < -0.39 is 29.7 Å². The highest BCUT2D eigenvalue weighted by Crippen LogP contribution is 2.35. The molecule has 272 valence electrons. The Balaban J connectivity index is 1.02. The third-order valence-corrected chi connectivity index (χ3v) is 9.76. The molecule has 0 radical (unpaired) electrons. The molecular formula is C38H44N8O6. The number of H-pyrrole nitrogens is 1. The molecule has 1 aromatic heterocycles. The maximum Gasteiger partial charge on any atom is 0.264 e. The Kier molecular flexibility index (Phi) is 10.4. The van der Waals surface area contributed by atoms with Crippen LogP contribution in [0.2, 0.25) is 0 Å². The van der Waals surface area contributed by atoms with Gasteiger partial charge < -0.3 is 30.7 Å². The lowest BCUT2D eigenvalue weighted by Crippen LogP contribution is -2.54. The molecule has 52 heavy (non-hydrogen) atoms. The quantitative estimate of drug-likeness (QED) is 0.132. The normalized spacial score (nSPS) is 17.6. The zero-order valence-corrected chi connectivity index (χ0v) is 30.1. The maximum absolute atomic E-state index is 13.4. The number of imide groups is 2. The lowest BCUT2D eigenvalue weighted by atomic mass is 10.0. The number of nitrogens with one attached hydrogen (secondary N) is 5. The molecule has 1 saturated heterocycles. The summed E-state index contributed by atoms with van der Waals surface area (Å²) in [5, 5.41) is 11.4. The SMILES string of the molecule is Cc1[nH]c(/C=C2\C(=O)Nc3ccc(CCN(C)C)cc32)c(C)c1C(=O)NCCN(C)CCNc1cccc2c1C(=O)N([C@@H]1CCC(=O)NC1=O)C2=O. The van der Waals surface area contributed by atoms with Gasteiger partial charge in [0.25, 0.3) is 23.6 Å². The summed E-state index contributed by atoms with van der Waals surface area (Å²) in [5.41, 5.74) is 6.93. The van der Waals surface area contributed by atoms with Crippen molar-refractivity contribution in [3.05, 3.63) is 81.2 Å². The van der Waals surface area contributed by atoms with E-state index in [9.17, 15) is 28.8 Å². The monoisotopic (exact) mass is 708 g/mol. The number of aryl methyl sites for hydroxylation is 1. The van der Waals surface area contributed by atoms with E-state index in [0.29, 0.717) is 54.4 Å². The lowest BCUT2D eigenvalue weighted by Gasteiger charge is -2.27. The van der Waals surface area contributed by atoms with Gasteiger partial charge >= 0.3 is 0 Å². The number of rotatable bonds is 13. The fourth-order valence-corrected chi connectivity index (χ4v) is 6.89. The molecule has 6 rings (SSSR count). The number of carbonyl (C=O) groups excluding carboxylic acids is 6. The first-order valence-corrected chi connectivity index (χ1v) is 17.4. The molecule has 0 unspecified atom stereocenters. The molecule has 1 atom stereocenters. The maximum atomic E-state index is 13.4. The van der Waals surface area contributed by atoms with Gasteiger partial charge in [0.2, 0.25) is 11.8 Å². The van der Waals surface area contributed by atoms with E-state index in [0.717, 1.165) is 40.2 Å². The zero-order chi connectivity index (χ0) is 37.3. The Morgan fingerprint density at radius 1 is 0.942 bits per heavy atom. The first-order valence-electron chi connectivity index (χ1n) is 17.4. The first kappa shape index (κ1) is 36.2. The summed E-state index contributed by atoms with van der Waals surface area (Å²) < 4.78 is 0. The summed E-state index contributed by atoms with van der Waals surface area (Å²) >= 11 is 0. The first-order chi connectivity index (χ1) is 24.8. The summed E-state index contributed by atoms with van der Waals surface area (Å²) in [4.78, 5) is 85.1. The molecule has 3 aliphatic rings. The van der Waals surface area contributed by atoms with Crippen molar-refractivity contribution >= 4 is 58.5 Å². The molecule has 4 heterocycles. The molecule has 6 amide bonds. The van der Waals surface area contributed by atoms with Crippen molar-refractivity contribution in [1.82, 2.24) is 30.3 Å². The number of amides is 6. The highest BCUT2D eigenvalue weighted by atomic mass is 16.2. The van der Waals surface area contributed by atoms with E-state index in [1.807, 2.05) is 58.1 Å². The molecule has 14 nitrogen and oxygen atoms in total. The van der Waals surface area contributed by atoms with Gasteiger partial charge in [-0.05, 0) is 89.3 Å². The Hall–Kier alpha value is -5.60. The predicted octanol–water partition coefficient (Wildman–Crippen LogP) is 2.40. The fraction of sp³-hybridized carbons (Fsp3) is 0.368. The van der Waals surface area contributed by atoms with E-state index in [-0.39, 0.29) is 35.8 Å². The predicted molar refractivity (Wildman–Crippen MR) is 197 cm³/mol. The Bertz CT molecular complexity index is 2010. The number of aromatic amines is 1. The summed E-state index contributed by atoms with van der Waals surface area (Å²) in [7, 11) is 5.97. The van der Waals surface area contributed by atoms with Crippen molar-refractivity contribution in [2.24, 2.45) is 0 Å². The van der Waals surface area contributed by atoms with Gasteiger partial charge in [0, 0.05) is 67.5 Å². The lowest BCUT2D eigenvalue weighted by molar-refractivity contribution is -0.136. The number of hydrogen-bond donors (Lipinski definition) is 5. The molecule has 3 aromatic rings. The van der Waals surface area contributed by atoms with E-state index in [4.69, 9.17) is 0 Å². The average Bonchev–Trinajstić information content (AvgIpc) is 3.66. The van der Waals surface area contributed by atoms with E-state index in [1.165, 1.54) is 0 Å². The number of fused-ring (bicyclic) bond motifs is 2. The Morgan fingerprint density at radius 2 is 1.71 bits per heavy atom. The van der Waals surface area contributed by atoms with Crippen LogP contribution in [0.5, 0.6) is 0 Å². The van der Waals surface area contributed by atoms with E-state index in [1.54, 1.807) is 18.2 Å². The molecule has 3 aliphatic heterocycles. The smallest absolute Gasteiger partial charge is 0.264 e. The number of nitrogens with zero attached hydrogens (tertiary/aromatic N) is 3. The molecule has 0 bridgehead atoms. The Labute approximate surface area is 302 Å². The van der Waals surface area contributed by atoms with Gasteiger partial charge in [0.05, 0.1) is 22.3 Å². The molecule has 14 heteroatoms. The summed E-state index contributed by atoms with van der Waals surface area (Å²) in [5.74, 6) is -2.59. The summed E-state index contributed by atoms with van der Waals surface area (Å²) in [6.45, 7) is 6.55. The second kappa shape index (κ2) is 14.9. The van der Waals surface area contributed by atoms with Crippen molar-refractivity contribution in [2.75, 3.05) is 64.5 Å². The van der Waals surface area contributed by atoms with Gasteiger partial charge in [0.15, 0.2) is 0 Å². The second-order valence-corrected chi connectivity index (χ2v) is 13.8. The van der Waals surface area contributed by atoms with Crippen LogP contribution < -0.4 is 21.3 Å². The summed E-state index contributed by atoms with van der Waals surface area (Å²) in [6.07, 6.45) is 2.83. The number of anilines is 2. The van der Waals surface area contributed by atoms with E-state index in [2.05, 4.69) is 37.2 Å². The average molecular weight is 709 g/mol. The molecule has 5 N–H and O–H groups in total. The van der Waals surface area contributed by atoms with Crippen LogP contribution >= 0.6 is 0 Å². The van der Waals surface area contributed by atoms with Gasteiger partial charge in [-0.25, -0.2) is 0 Å². The molecule has 0 saturated carbocycles. The fourth-order valence-electron chi connectivity index (χ4n) is 6.89. The molecular weight excluding hydrogens is 664 g/mol. The van der Waals surface area contributed by atoms with E-state index >= 15 is 0 Å². The number of piperidine rings is 1. The zero-order valence-electron chi connectivity index (χ0n) is 30.1. The summed E-state index contributed by atoms with van der Waals surface area (Å²) in [6, 6.07) is 9.95. The van der Waals surface area contributed by atoms with Crippen molar-refractivity contribution in [2.45, 2.75) is 39.2 Å².